The molecule has 0 unspecified atom stereocenters. The number of hydrogen-bond donors (Lipinski definition) is 1. The third kappa shape index (κ3) is 4.35. The number of rotatable bonds is 5. The molecular formula is C14H19NO5S. The van der Waals surface area contributed by atoms with Crippen molar-refractivity contribution in [3.05, 3.63) is 23.8 Å². The van der Waals surface area contributed by atoms with E-state index in [1.807, 2.05) is 4.72 Å². The molecule has 116 valence electrons. The maximum Gasteiger partial charge on any atom is 0.264 e. The van der Waals surface area contributed by atoms with Crippen LogP contribution in [0.3, 0.4) is 0 Å². The second-order valence-electron chi connectivity index (χ2n) is 5.09. The minimum Gasteiger partial charge on any atom is -0.493 e. The van der Waals surface area contributed by atoms with Crippen molar-refractivity contribution in [1.82, 2.24) is 4.72 Å². The summed E-state index contributed by atoms with van der Waals surface area (Å²) in [6, 6.07) is 4.63. The molecule has 0 saturated heterocycles. The standard InChI is InChI=1S/C14H19NO5S/c1-19-13-9-10(14(16)15-21(2,17)18)7-8-12(13)20-11-5-3-4-6-11/h7-9,11H,3-6H2,1-2H3,(H,15,16). The number of benzene rings is 1. The molecule has 0 aliphatic heterocycles. The number of nitrogens with one attached hydrogen (secondary N) is 1. The summed E-state index contributed by atoms with van der Waals surface area (Å²) in [6.07, 6.45) is 5.44. The summed E-state index contributed by atoms with van der Waals surface area (Å²) in [6.45, 7) is 0. The zero-order chi connectivity index (χ0) is 15.5. The summed E-state index contributed by atoms with van der Waals surface area (Å²) in [7, 11) is -2.11. The van der Waals surface area contributed by atoms with Gasteiger partial charge in [-0.15, -0.1) is 0 Å². The Kier molecular flexibility index (Phi) is 4.72. The van der Waals surface area contributed by atoms with Gasteiger partial charge in [-0.3, -0.25) is 4.79 Å². The Bertz CT molecular complexity index is 620. The minimum absolute atomic E-state index is 0.176. The van der Waals surface area contributed by atoms with E-state index in [0.717, 1.165) is 31.9 Å². The molecule has 0 aromatic heterocycles. The molecule has 0 radical (unpaired) electrons. The summed E-state index contributed by atoms with van der Waals surface area (Å²) in [5.41, 5.74) is 0.205. The first kappa shape index (κ1) is 15.6. The van der Waals surface area contributed by atoms with Gasteiger partial charge in [0.05, 0.1) is 19.5 Å². The van der Waals surface area contributed by atoms with Crippen molar-refractivity contribution >= 4 is 15.9 Å². The number of methoxy groups -OCH3 is 1. The number of carbonyl (C=O) groups excluding carboxylic acids is 1. The Hall–Kier alpha value is -1.76. The van der Waals surface area contributed by atoms with Crippen molar-refractivity contribution in [2.45, 2.75) is 31.8 Å². The molecule has 1 aliphatic rings. The van der Waals surface area contributed by atoms with E-state index in [0.29, 0.717) is 11.5 Å². The van der Waals surface area contributed by atoms with Gasteiger partial charge in [-0.2, -0.15) is 0 Å². The maximum atomic E-state index is 11.8. The third-order valence-corrected chi connectivity index (χ3v) is 3.86. The Morgan fingerprint density at radius 3 is 2.48 bits per heavy atom. The smallest absolute Gasteiger partial charge is 0.264 e. The maximum absolute atomic E-state index is 11.8. The molecule has 1 aromatic rings. The van der Waals surface area contributed by atoms with Crippen LogP contribution in [-0.2, 0) is 10.0 Å². The summed E-state index contributed by atoms with van der Waals surface area (Å²) < 4.78 is 35.2. The molecular weight excluding hydrogens is 294 g/mol. The zero-order valence-corrected chi connectivity index (χ0v) is 12.9. The molecule has 1 N–H and O–H groups in total. The van der Waals surface area contributed by atoms with E-state index in [4.69, 9.17) is 9.47 Å². The molecule has 6 nitrogen and oxygen atoms in total. The fourth-order valence-electron chi connectivity index (χ4n) is 2.32. The minimum atomic E-state index is -3.59. The lowest BCUT2D eigenvalue weighted by Crippen LogP contribution is -2.29. The zero-order valence-electron chi connectivity index (χ0n) is 12.1. The van der Waals surface area contributed by atoms with Crippen LogP contribution < -0.4 is 14.2 Å². The Balaban J connectivity index is 2.17. The molecule has 1 saturated carbocycles. The second-order valence-corrected chi connectivity index (χ2v) is 6.84. The average molecular weight is 313 g/mol. The summed E-state index contributed by atoms with van der Waals surface area (Å²) in [4.78, 5) is 11.8. The van der Waals surface area contributed by atoms with E-state index in [9.17, 15) is 13.2 Å². The molecule has 0 atom stereocenters. The van der Waals surface area contributed by atoms with Crippen molar-refractivity contribution in [2.24, 2.45) is 0 Å². The number of carbonyl (C=O) groups is 1. The lowest BCUT2D eigenvalue weighted by Gasteiger charge is -2.16. The van der Waals surface area contributed by atoms with E-state index >= 15 is 0 Å². The molecule has 1 aliphatic carbocycles. The molecule has 0 bridgehead atoms. The van der Waals surface area contributed by atoms with Gasteiger partial charge in [-0.05, 0) is 43.9 Å². The van der Waals surface area contributed by atoms with Gasteiger partial charge in [0.1, 0.15) is 0 Å². The van der Waals surface area contributed by atoms with Crippen molar-refractivity contribution in [3.63, 3.8) is 0 Å². The monoisotopic (exact) mass is 313 g/mol. The largest absolute Gasteiger partial charge is 0.493 e. The Labute approximate surface area is 124 Å². The van der Waals surface area contributed by atoms with Crippen LogP contribution in [0.4, 0.5) is 0 Å². The average Bonchev–Trinajstić information content (AvgIpc) is 2.90. The van der Waals surface area contributed by atoms with Crippen LogP contribution in [0.25, 0.3) is 0 Å². The van der Waals surface area contributed by atoms with Crippen LogP contribution in [0.15, 0.2) is 18.2 Å². The van der Waals surface area contributed by atoms with E-state index in [1.165, 1.54) is 19.2 Å². The van der Waals surface area contributed by atoms with Crippen LogP contribution in [0.5, 0.6) is 11.5 Å². The third-order valence-electron chi connectivity index (χ3n) is 3.30. The number of sulfonamides is 1. The lowest BCUT2D eigenvalue weighted by molar-refractivity contribution is 0.0981. The van der Waals surface area contributed by atoms with Crippen molar-refractivity contribution in [2.75, 3.05) is 13.4 Å². The van der Waals surface area contributed by atoms with Crippen LogP contribution in [0.2, 0.25) is 0 Å². The highest BCUT2D eigenvalue weighted by Gasteiger charge is 2.19. The van der Waals surface area contributed by atoms with E-state index in [-0.39, 0.29) is 11.7 Å². The molecule has 2 rings (SSSR count). The van der Waals surface area contributed by atoms with Gasteiger partial charge >= 0.3 is 0 Å². The summed E-state index contributed by atoms with van der Waals surface area (Å²) in [5.74, 6) is 0.298. The molecule has 0 heterocycles. The second kappa shape index (κ2) is 6.34. The summed E-state index contributed by atoms with van der Waals surface area (Å²) in [5, 5.41) is 0. The normalized spacial score (nSPS) is 15.7. The predicted octanol–water partition coefficient (Wildman–Crippen LogP) is 1.71. The van der Waals surface area contributed by atoms with Crippen LogP contribution in [0, 0.1) is 0 Å². The Morgan fingerprint density at radius 1 is 1.24 bits per heavy atom. The van der Waals surface area contributed by atoms with E-state index < -0.39 is 15.9 Å². The first-order chi connectivity index (χ1) is 9.89. The number of hydrogen-bond acceptors (Lipinski definition) is 5. The van der Waals surface area contributed by atoms with Crippen LogP contribution >= 0.6 is 0 Å². The number of ether oxygens (including phenoxy) is 2. The fraction of sp³-hybridized carbons (Fsp3) is 0.500. The van der Waals surface area contributed by atoms with Gasteiger partial charge in [0.25, 0.3) is 5.91 Å². The van der Waals surface area contributed by atoms with Crippen molar-refractivity contribution in [1.29, 1.82) is 0 Å². The predicted molar refractivity (Wildman–Crippen MR) is 78.2 cm³/mol. The topological polar surface area (TPSA) is 81.7 Å². The van der Waals surface area contributed by atoms with Gasteiger partial charge in [0.2, 0.25) is 10.0 Å². The van der Waals surface area contributed by atoms with E-state index in [1.54, 1.807) is 6.07 Å². The highest BCUT2D eigenvalue weighted by molar-refractivity contribution is 7.89. The van der Waals surface area contributed by atoms with Crippen LogP contribution in [0.1, 0.15) is 36.0 Å². The summed E-state index contributed by atoms with van der Waals surface area (Å²) >= 11 is 0. The number of amides is 1. The van der Waals surface area contributed by atoms with Gasteiger partial charge in [0, 0.05) is 5.56 Å². The molecule has 21 heavy (non-hydrogen) atoms. The molecule has 1 fully saturated rings. The fourth-order valence-corrected chi connectivity index (χ4v) is 2.77. The van der Waals surface area contributed by atoms with Gasteiger partial charge < -0.3 is 9.47 Å². The van der Waals surface area contributed by atoms with E-state index in [2.05, 4.69) is 0 Å². The van der Waals surface area contributed by atoms with Crippen molar-refractivity contribution in [3.8, 4) is 11.5 Å². The molecule has 1 aromatic carbocycles. The van der Waals surface area contributed by atoms with Gasteiger partial charge in [-0.25, -0.2) is 13.1 Å². The highest BCUT2D eigenvalue weighted by atomic mass is 32.2. The van der Waals surface area contributed by atoms with Gasteiger partial charge in [0.15, 0.2) is 11.5 Å². The highest BCUT2D eigenvalue weighted by Crippen LogP contribution is 2.32. The lowest BCUT2D eigenvalue weighted by atomic mass is 10.2. The van der Waals surface area contributed by atoms with Crippen molar-refractivity contribution < 1.29 is 22.7 Å². The molecule has 0 spiro atoms. The van der Waals surface area contributed by atoms with Gasteiger partial charge in [-0.1, -0.05) is 0 Å². The van der Waals surface area contributed by atoms with Crippen LogP contribution in [-0.4, -0.2) is 33.8 Å². The Morgan fingerprint density at radius 2 is 1.90 bits per heavy atom. The molecule has 1 amide bonds. The first-order valence-corrected chi connectivity index (χ1v) is 8.65. The SMILES string of the molecule is COc1cc(C(=O)NS(C)(=O)=O)ccc1OC1CCCC1. The first-order valence-electron chi connectivity index (χ1n) is 6.76. The molecule has 7 heteroatoms. The quantitative estimate of drug-likeness (QED) is 0.895.